The quantitative estimate of drug-likeness (QED) is 0.269. The second-order valence-electron chi connectivity index (χ2n) is 8.87. The summed E-state index contributed by atoms with van der Waals surface area (Å²) in [5.41, 5.74) is 4.32. The lowest BCUT2D eigenvalue weighted by atomic mass is 10.1. The van der Waals surface area contributed by atoms with Crippen molar-refractivity contribution in [2.75, 3.05) is 21.1 Å². The molecule has 180 valence electrons. The normalized spacial score (nSPS) is 10.9. The maximum absolute atomic E-state index is 13.1. The monoisotopic (exact) mass is 583 g/mol. The molecule has 4 rings (SSSR count). The Balaban J connectivity index is 0.00000342. The second-order valence-corrected chi connectivity index (χ2v) is 8.87. The Labute approximate surface area is 222 Å². The fourth-order valence-corrected chi connectivity index (χ4v) is 3.41. The Bertz CT molecular complexity index is 1270. The summed E-state index contributed by atoms with van der Waals surface area (Å²) in [6.45, 7) is 0.448. The van der Waals surface area contributed by atoms with Gasteiger partial charge in [0.05, 0.1) is 26.8 Å². The number of carbonyl (C=O) groups excluding carboxylic acids is 1. The Hall–Kier alpha value is -3.30. The van der Waals surface area contributed by atoms with Gasteiger partial charge in [0.25, 0.3) is 5.91 Å². The van der Waals surface area contributed by atoms with Crippen LogP contribution in [-0.4, -0.2) is 32.0 Å². The summed E-state index contributed by atoms with van der Waals surface area (Å²) in [4.78, 5) is 17.1. The van der Waals surface area contributed by atoms with Gasteiger partial charge in [0.2, 0.25) is 0 Å². The van der Waals surface area contributed by atoms with Crippen LogP contribution >= 0.6 is 0 Å². The minimum Gasteiger partial charge on any atom is -1.00 e. The highest BCUT2D eigenvalue weighted by atomic mass is 127. The summed E-state index contributed by atoms with van der Waals surface area (Å²) in [5, 5.41) is 2.97. The number of amides is 1. The summed E-state index contributed by atoms with van der Waals surface area (Å²) in [5.74, 6) is 0.713. The van der Waals surface area contributed by atoms with Crippen LogP contribution in [0, 0.1) is 5.82 Å². The number of ether oxygens (including phenoxy) is 1. The number of hydrogen-bond donors (Lipinski definition) is 1. The standard InChI is InChI=1S/C28H26FN3O2.HI/c1-32(2,3)24-10-4-20(5-11-24)19-31-28(33)22-16-17-30-27(18-22)21-6-12-25(13-7-21)34-26-14-8-23(29)9-15-26;/h4-18H,19H2,1-3H3;1H. The van der Waals surface area contributed by atoms with E-state index >= 15 is 0 Å². The van der Waals surface area contributed by atoms with Crippen molar-refractivity contribution in [3.8, 4) is 22.8 Å². The maximum atomic E-state index is 13.1. The molecule has 7 heteroatoms. The van der Waals surface area contributed by atoms with Gasteiger partial charge in [-0.05, 0) is 78.4 Å². The first-order valence-electron chi connectivity index (χ1n) is 11.0. The van der Waals surface area contributed by atoms with Gasteiger partial charge in [-0.15, -0.1) is 0 Å². The second kappa shape index (κ2) is 11.4. The molecule has 0 fully saturated rings. The molecule has 3 aromatic carbocycles. The highest BCUT2D eigenvalue weighted by Crippen LogP contribution is 2.25. The van der Waals surface area contributed by atoms with Crippen molar-refractivity contribution < 1.29 is 37.9 Å². The number of quaternary nitrogens is 1. The molecule has 0 aliphatic carbocycles. The lowest BCUT2D eigenvalue weighted by Gasteiger charge is -2.23. The fraction of sp³-hybridized carbons (Fsp3) is 0.143. The van der Waals surface area contributed by atoms with E-state index in [1.54, 1.807) is 30.5 Å². The van der Waals surface area contributed by atoms with E-state index in [0.29, 0.717) is 29.3 Å². The molecule has 0 unspecified atom stereocenters. The van der Waals surface area contributed by atoms with Crippen molar-refractivity contribution in [3.63, 3.8) is 0 Å². The van der Waals surface area contributed by atoms with Crippen molar-refractivity contribution in [1.29, 1.82) is 0 Å². The Morgan fingerprint density at radius 2 is 1.49 bits per heavy atom. The number of aromatic nitrogens is 1. The van der Waals surface area contributed by atoms with Crippen LogP contribution in [0.25, 0.3) is 11.3 Å². The zero-order valence-electron chi connectivity index (χ0n) is 19.8. The first kappa shape index (κ1) is 26.3. The third-order valence-corrected chi connectivity index (χ3v) is 5.39. The highest BCUT2D eigenvalue weighted by molar-refractivity contribution is 5.95. The lowest BCUT2D eigenvalue weighted by Crippen LogP contribution is -3.00. The Morgan fingerprint density at radius 3 is 2.09 bits per heavy atom. The summed E-state index contributed by atoms with van der Waals surface area (Å²) < 4.78 is 19.5. The molecule has 1 heterocycles. The van der Waals surface area contributed by atoms with E-state index in [4.69, 9.17) is 4.74 Å². The summed E-state index contributed by atoms with van der Waals surface area (Å²) in [7, 11) is 6.35. The molecule has 0 bridgehead atoms. The van der Waals surface area contributed by atoms with Gasteiger partial charge in [-0.25, -0.2) is 4.39 Å². The topological polar surface area (TPSA) is 51.2 Å². The molecule has 5 nitrogen and oxygen atoms in total. The third-order valence-electron chi connectivity index (χ3n) is 5.39. The first-order chi connectivity index (χ1) is 16.3. The predicted molar refractivity (Wildman–Crippen MR) is 133 cm³/mol. The van der Waals surface area contributed by atoms with Crippen molar-refractivity contribution in [3.05, 3.63) is 108 Å². The highest BCUT2D eigenvalue weighted by Gasteiger charge is 2.12. The van der Waals surface area contributed by atoms with Gasteiger partial charge in [-0.2, -0.15) is 0 Å². The van der Waals surface area contributed by atoms with Crippen molar-refractivity contribution in [1.82, 2.24) is 14.8 Å². The van der Waals surface area contributed by atoms with E-state index in [1.807, 2.05) is 36.4 Å². The third kappa shape index (κ3) is 7.10. The number of nitrogens with zero attached hydrogens (tertiary/aromatic N) is 2. The van der Waals surface area contributed by atoms with Crippen LogP contribution in [0.5, 0.6) is 11.5 Å². The molecule has 0 spiro atoms. The van der Waals surface area contributed by atoms with E-state index in [0.717, 1.165) is 15.6 Å². The van der Waals surface area contributed by atoms with Crippen LogP contribution in [-0.2, 0) is 6.54 Å². The molecule has 1 amide bonds. The number of halogens is 2. The van der Waals surface area contributed by atoms with Crippen LogP contribution < -0.4 is 38.5 Å². The zero-order valence-corrected chi connectivity index (χ0v) is 22.0. The molecular formula is C28H27FIN3O2. The largest absolute Gasteiger partial charge is 1.00 e. The van der Waals surface area contributed by atoms with E-state index in [9.17, 15) is 9.18 Å². The molecule has 0 radical (unpaired) electrons. The summed E-state index contributed by atoms with van der Waals surface area (Å²) in [6, 6.07) is 24.9. The number of nitrogens with one attached hydrogen (secondary N) is 1. The van der Waals surface area contributed by atoms with Gasteiger partial charge in [0, 0.05) is 23.9 Å². The number of rotatable bonds is 7. The minimum absolute atomic E-state index is 0. The number of hydrogen-bond acceptors (Lipinski definition) is 3. The number of carbonyl (C=O) groups is 1. The molecule has 35 heavy (non-hydrogen) atoms. The molecule has 0 saturated heterocycles. The molecule has 0 atom stereocenters. The lowest BCUT2D eigenvalue weighted by molar-refractivity contribution is -0.0000164. The van der Waals surface area contributed by atoms with Crippen LogP contribution in [0.15, 0.2) is 91.1 Å². The molecule has 0 saturated carbocycles. The van der Waals surface area contributed by atoms with E-state index in [2.05, 4.69) is 43.6 Å². The molecule has 4 aromatic rings. The smallest absolute Gasteiger partial charge is 0.251 e. The van der Waals surface area contributed by atoms with Gasteiger partial charge < -0.3 is 34.0 Å². The van der Waals surface area contributed by atoms with Gasteiger partial charge >= 0.3 is 0 Å². The molecule has 0 aliphatic rings. The van der Waals surface area contributed by atoms with Gasteiger partial charge in [-0.1, -0.05) is 12.1 Å². The fourth-order valence-electron chi connectivity index (χ4n) is 3.41. The summed E-state index contributed by atoms with van der Waals surface area (Å²) in [6.07, 6.45) is 1.63. The average Bonchev–Trinajstić information content (AvgIpc) is 2.84. The van der Waals surface area contributed by atoms with Crippen LogP contribution in [0.2, 0.25) is 0 Å². The van der Waals surface area contributed by atoms with E-state index in [-0.39, 0.29) is 35.7 Å². The number of benzene rings is 3. The average molecular weight is 583 g/mol. The number of pyridine rings is 1. The zero-order chi connectivity index (χ0) is 24.1. The van der Waals surface area contributed by atoms with E-state index < -0.39 is 0 Å². The molecule has 1 aromatic heterocycles. The van der Waals surface area contributed by atoms with Gasteiger partial charge in [0.15, 0.2) is 0 Å². The Kier molecular flexibility index (Phi) is 8.58. The molecular weight excluding hydrogens is 556 g/mol. The van der Waals surface area contributed by atoms with Crippen LogP contribution in [0.3, 0.4) is 0 Å². The first-order valence-corrected chi connectivity index (χ1v) is 11.0. The van der Waals surface area contributed by atoms with Gasteiger partial charge in [0.1, 0.15) is 23.0 Å². The van der Waals surface area contributed by atoms with Gasteiger partial charge in [-0.3, -0.25) is 14.3 Å². The maximum Gasteiger partial charge on any atom is 0.251 e. The van der Waals surface area contributed by atoms with Crippen molar-refractivity contribution in [2.45, 2.75) is 6.54 Å². The SMILES string of the molecule is C[N+](C)(C)c1ccc(CNC(=O)c2ccnc(-c3ccc(Oc4ccc(F)cc4)cc3)c2)cc1.[I-]. The van der Waals surface area contributed by atoms with Crippen molar-refractivity contribution >= 4 is 11.6 Å². The minimum atomic E-state index is -0.310. The van der Waals surface area contributed by atoms with E-state index in [1.165, 1.54) is 17.8 Å². The molecule has 0 aliphatic heterocycles. The van der Waals surface area contributed by atoms with Crippen molar-refractivity contribution in [2.24, 2.45) is 0 Å². The Morgan fingerprint density at radius 1 is 0.886 bits per heavy atom. The van der Waals surface area contributed by atoms with Crippen LogP contribution in [0.4, 0.5) is 10.1 Å². The van der Waals surface area contributed by atoms with Crippen LogP contribution in [0.1, 0.15) is 15.9 Å². The molecule has 1 N–H and O–H groups in total. The predicted octanol–water partition coefficient (Wildman–Crippen LogP) is 2.81. The summed E-state index contributed by atoms with van der Waals surface area (Å²) >= 11 is 0.